The number of carbonyl (C=O) groups excluding carboxylic acids is 2. The van der Waals surface area contributed by atoms with Gasteiger partial charge >= 0.3 is 11.8 Å². The first kappa shape index (κ1) is 17.6. The second-order valence-corrected chi connectivity index (χ2v) is 5.14. The number of nitrogens with one attached hydrogen (secondary N) is 2. The van der Waals surface area contributed by atoms with Gasteiger partial charge < -0.3 is 15.7 Å². The summed E-state index contributed by atoms with van der Waals surface area (Å²) >= 11 is 0. The molecule has 126 valence electrons. The normalized spacial score (nSPS) is 11.7. The van der Waals surface area contributed by atoms with E-state index in [1.807, 2.05) is 0 Å². The molecule has 0 aliphatic carbocycles. The zero-order valence-electron chi connectivity index (χ0n) is 12.8. The summed E-state index contributed by atoms with van der Waals surface area (Å²) in [5.41, 5.74) is 0.803. The molecule has 0 aliphatic rings. The Kier molecular flexibility index (Phi) is 5.59. The minimum Gasteiger partial charge on any atom is -0.387 e. The number of anilines is 1. The van der Waals surface area contributed by atoms with Crippen molar-refractivity contribution in [1.29, 1.82) is 0 Å². The van der Waals surface area contributed by atoms with E-state index in [1.54, 1.807) is 0 Å². The van der Waals surface area contributed by atoms with Gasteiger partial charge in [0.2, 0.25) is 0 Å². The standard InChI is InChI=1S/C17H16F2N2O3/c1-10-13(19)3-2-4-14(10)21-17(24)16(23)20-9-15(22)11-5-7-12(18)8-6-11/h2-8,15,22H,9H2,1H3,(H,20,23)(H,21,24). The Morgan fingerprint density at radius 2 is 1.75 bits per heavy atom. The highest BCUT2D eigenvalue weighted by molar-refractivity contribution is 6.39. The molecule has 0 spiro atoms. The third-order valence-electron chi connectivity index (χ3n) is 3.43. The van der Waals surface area contributed by atoms with Crippen LogP contribution in [0.3, 0.4) is 0 Å². The van der Waals surface area contributed by atoms with E-state index in [2.05, 4.69) is 10.6 Å². The second-order valence-electron chi connectivity index (χ2n) is 5.14. The Morgan fingerprint density at radius 3 is 2.42 bits per heavy atom. The zero-order chi connectivity index (χ0) is 17.7. The van der Waals surface area contributed by atoms with E-state index in [-0.39, 0.29) is 17.8 Å². The maximum atomic E-state index is 13.4. The highest BCUT2D eigenvalue weighted by Crippen LogP contribution is 2.17. The third-order valence-corrected chi connectivity index (χ3v) is 3.43. The fourth-order valence-corrected chi connectivity index (χ4v) is 1.99. The number of benzene rings is 2. The molecule has 0 saturated heterocycles. The quantitative estimate of drug-likeness (QED) is 0.749. The van der Waals surface area contributed by atoms with Gasteiger partial charge in [0.05, 0.1) is 6.10 Å². The number of amides is 2. The van der Waals surface area contributed by atoms with Crippen molar-refractivity contribution in [3.63, 3.8) is 0 Å². The number of aliphatic hydroxyl groups is 1. The lowest BCUT2D eigenvalue weighted by Crippen LogP contribution is -2.37. The highest BCUT2D eigenvalue weighted by atomic mass is 19.1. The maximum absolute atomic E-state index is 13.4. The van der Waals surface area contributed by atoms with Crippen LogP contribution < -0.4 is 10.6 Å². The second kappa shape index (κ2) is 7.65. The largest absolute Gasteiger partial charge is 0.387 e. The average Bonchev–Trinajstić information content (AvgIpc) is 2.57. The van der Waals surface area contributed by atoms with E-state index in [0.29, 0.717) is 5.56 Å². The molecule has 0 fully saturated rings. The summed E-state index contributed by atoms with van der Waals surface area (Å²) < 4.78 is 26.2. The van der Waals surface area contributed by atoms with Gasteiger partial charge in [0.25, 0.3) is 0 Å². The first-order valence-corrected chi connectivity index (χ1v) is 7.16. The molecule has 1 unspecified atom stereocenters. The van der Waals surface area contributed by atoms with Crippen molar-refractivity contribution < 1.29 is 23.5 Å². The SMILES string of the molecule is Cc1c(F)cccc1NC(=O)C(=O)NCC(O)c1ccc(F)cc1. The molecule has 2 amide bonds. The minimum atomic E-state index is -1.08. The van der Waals surface area contributed by atoms with Crippen LogP contribution in [0.15, 0.2) is 42.5 Å². The number of hydrogen-bond acceptors (Lipinski definition) is 3. The summed E-state index contributed by atoms with van der Waals surface area (Å²) in [4.78, 5) is 23.5. The molecule has 5 nitrogen and oxygen atoms in total. The molecule has 0 aromatic heterocycles. The predicted molar refractivity (Wildman–Crippen MR) is 84.1 cm³/mol. The number of carbonyl (C=O) groups is 2. The number of halogens is 2. The van der Waals surface area contributed by atoms with Crippen LogP contribution in [-0.2, 0) is 9.59 Å². The van der Waals surface area contributed by atoms with Crippen molar-refractivity contribution >= 4 is 17.5 Å². The summed E-state index contributed by atoms with van der Waals surface area (Å²) in [5, 5.41) is 14.5. The molecule has 7 heteroatoms. The van der Waals surface area contributed by atoms with Crippen LogP contribution in [0.1, 0.15) is 17.2 Å². The van der Waals surface area contributed by atoms with E-state index in [1.165, 1.54) is 49.4 Å². The first-order valence-electron chi connectivity index (χ1n) is 7.16. The van der Waals surface area contributed by atoms with Gasteiger partial charge in [0, 0.05) is 17.8 Å². The minimum absolute atomic E-state index is 0.189. The van der Waals surface area contributed by atoms with Crippen molar-refractivity contribution in [2.75, 3.05) is 11.9 Å². The molecule has 0 aliphatic heterocycles. The Hall–Kier alpha value is -2.80. The van der Waals surface area contributed by atoms with Gasteiger partial charge in [-0.15, -0.1) is 0 Å². The summed E-state index contributed by atoms with van der Waals surface area (Å²) in [6.07, 6.45) is -1.08. The molecule has 3 N–H and O–H groups in total. The average molecular weight is 334 g/mol. The van der Waals surface area contributed by atoms with Crippen molar-refractivity contribution in [1.82, 2.24) is 5.32 Å². The lowest BCUT2D eigenvalue weighted by Gasteiger charge is -2.13. The Balaban J connectivity index is 1.91. The summed E-state index contributed by atoms with van der Waals surface area (Å²) in [7, 11) is 0. The number of rotatable bonds is 4. The molecule has 2 rings (SSSR count). The highest BCUT2D eigenvalue weighted by Gasteiger charge is 2.17. The smallest absolute Gasteiger partial charge is 0.313 e. The monoisotopic (exact) mass is 334 g/mol. The van der Waals surface area contributed by atoms with Gasteiger partial charge in [-0.05, 0) is 36.8 Å². The fraction of sp³-hybridized carbons (Fsp3) is 0.176. The molecule has 0 heterocycles. The number of hydrogen-bond donors (Lipinski definition) is 3. The molecule has 2 aromatic rings. The van der Waals surface area contributed by atoms with Crippen LogP contribution in [-0.4, -0.2) is 23.5 Å². The Bertz CT molecular complexity index is 748. The molecule has 0 bridgehead atoms. The molecule has 0 radical (unpaired) electrons. The predicted octanol–water partition coefficient (Wildman–Crippen LogP) is 2.06. The van der Waals surface area contributed by atoms with Gasteiger partial charge in [-0.3, -0.25) is 9.59 Å². The molecular formula is C17H16F2N2O3. The maximum Gasteiger partial charge on any atom is 0.313 e. The van der Waals surface area contributed by atoms with Gasteiger partial charge in [-0.1, -0.05) is 18.2 Å². The van der Waals surface area contributed by atoms with Crippen LogP contribution in [0.25, 0.3) is 0 Å². The van der Waals surface area contributed by atoms with Crippen LogP contribution in [0, 0.1) is 18.6 Å². The molecular weight excluding hydrogens is 318 g/mol. The van der Waals surface area contributed by atoms with Gasteiger partial charge in [0.1, 0.15) is 11.6 Å². The van der Waals surface area contributed by atoms with Gasteiger partial charge in [-0.25, -0.2) is 8.78 Å². The van der Waals surface area contributed by atoms with Crippen molar-refractivity contribution in [3.05, 3.63) is 65.2 Å². The van der Waals surface area contributed by atoms with E-state index < -0.39 is 29.6 Å². The first-order chi connectivity index (χ1) is 11.4. The lowest BCUT2D eigenvalue weighted by atomic mass is 10.1. The Labute approximate surface area is 137 Å². The van der Waals surface area contributed by atoms with E-state index in [0.717, 1.165) is 0 Å². The van der Waals surface area contributed by atoms with Crippen LogP contribution in [0.5, 0.6) is 0 Å². The number of aliphatic hydroxyl groups excluding tert-OH is 1. The molecule has 24 heavy (non-hydrogen) atoms. The van der Waals surface area contributed by atoms with E-state index >= 15 is 0 Å². The summed E-state index contributed by atoms with van der Waals surface area (Å²) in [6, 6.07) is 9.24. The van der Waals surface area contributed by atoms with E-state index in [4.69, 9.17) is 0 Å². The molecule has 0 saturated carbocycles. The van der Waals surface area contributed by atoms with Gasteiger partial charge in [0.15, 0.2) is 0 Å². The fourth-order valence-electron chi connectivity index (χ4n) is 1.99. The van der Waals surface area contributed by atoms with Crippen LogP contribution >= 0.6 is 0 Å². The van der Waals surface area contributed by atoms with Crippen LogP contribution in [0.2, 0.25) is 0 Å². The molecule has 2 aromatic carbocycles. The van der Waals surface area contributed by atoms with Crippen molar-refractivity contribution in [2.24, 2.45) is 0 Å². The van der Waals surface area contributed by atoms with Crippen molar-refractivity contribution in [3.8, 4) is 0 Å². The topological polar surface area (TPSA) is 78.4 Å². The van der Waals surface area contributed by atoms with E-state index in [9.17, 15) is 23.5 Å². The summed E-state index contributed by atoms with van der Waals surface area (Å²) in [5.74, 6) is -2.89. The van der Waals surface area contributed by atoms with Crippen molar-refractivity contribution in [2.45, 2.75) is 13.0 Å². The zero-order valence-corrected chi connectivity index (χ0v) is 12.8. The molecule has 1 atom stereocenters. The van der Waals surface area contributed by atoms with Gasteiger partial charge in [-0.2, -0.15) is 0 Å². The third kappa shape index (κ3) is 4.36. The Morgan fingerprint density at radius 1 is 1.08 bits per heavy atom. The van der Waals surface area contributed by atoms with Crippen LogP contribution in [0.4, 0.5) is 14.5 Å². The summed E-state index contributed by atoms with van der Waals surface area (Å²) in [6.45, 7) is 1.25. The lowest BCUT2D eigenvalue weighted by molar-refractivity contribution is -0.136.